The number of fused-ring (bicyclic) bond motifs is 1. The lowest BCUT2D eigenvalue weighted by Gasteiger charge is -2.42. The van der Waals surface area contributed by atoms with Crippen molar-refractivity contribution in [3.8, 4) is 0 Å². The van der Waals surface area contributed by atoms with Crippen molar-refractivity contribution in [1.29, 1.82) is 0 Å². The molecule has 0 aromatic heterocycles. The summed E-state index contributed by atoms with van der Waals surface area (Å²) in [6.07, 6.45) is 13.4. The fourth-order valence-corrected chi connectivity index (χ4v) is 8.67. The van der Waals surface area contributed by atoms with Crippen LogP contribution in [0.25, 0.3) is 0 Å². The van der Waals surface area contributed by atoms with E-state index in [0.29, 0.717) is 17.8 Å². The minimum atomic E-state index is -1.91. The van der Waals surface area contributed by atoms with Crippen molar-refractivity contribution in [3.63, 3.8) is 0 Å². The molecular formula is C30H56O3Si2. The first-order valence-corrected chi connectivity index (χ1v) is 20.2. The second-order valence-corrected chi connectivity index (χ2v) is 24.5. The quantitative estimate of drug-likeness (QED) is 0.270. The molecule has 0 radical (unpaired) electrons. The van der Waals surface area contributed by atoms with Crippen LogP contribution in [0.5, 0.6) is 0 Å². The Morgan fingerprint density at radius 2 is 1.49 bits per heavy atom. The summed E-state index contributed by atoms with van der Waals surface area (Å²) in [7, 11) is -3.80. The zero-order valence-electron chi connectivity index (χ0n) is 24.6. The van der Waals surface area contributed by atoms with Gasteiger partial charge >= 0.3 is 0 Å². The Bertz CT molecular complexity index is 767. The first kappa shape index (κ1) is 29.4. The molecule has 1 N–H and O–H groups in total. The van der Waals surface area contributed by atoms with Crippen LogP contribution in [0.1, 0.15) is 86.5 Å². The lowest BCUT2D eigenvalue weighted by Crippen LogP contribution is -2.46. The molecule has 202 valence electrons. The molecule has 3 aliphatic carbocycles. The van der Waals surface area contributed by atoms with Crippen molar-refractivity contribution in [3.05, 3.63) is 24.3 Å². The van der Waals surface area contributed by atoms with Gasteiger partial charge < -0.3 is 14.0 Å². The van der Waals surface area contributed by atoms with Gasteiger partial charge in [-0.05, 0) is 85.3 Å². The number of hydrogen-bond acceptors (Lipinski definition) is 3. The summed E-state index contributed by atoms with van der Waals surface area (Å²) < 4.78 is 14.1. The van der Waals surface area contributed by atoms with Gasteiger partial charge in [0.15, 0.2) is 16.6 Å². The second-order valence-electron chi connectivity index (χ2n) is 15.0. The molecule has 3 saturated carbocycles. The molecule has 3 fully saturated rings. The van der Waals surface area contributed by atoms with E-state index in [1.54, 1.807) is 0 Å². The summed E-state index contributed by atoms with van der Waals surface area (Å²) in [5, 5.41) is 11.3. The van der Waals surface area contributed by atoms with Crippen molar-refractivity contribution in [2.24, 2.45) is 23.7 Å². The molecule has 3 nitrogen and oxygen atoms in total. The largest absolute Gasteiger partial charge is 0.413 e. The van der Waals surface area contributed by atoms with Gasteiger partial charge in [-0.1, -0.05) is 79.5 Å². The Hall–Kier alpha value is -0.206. The van der Waals surface area contributed by atoms with E-state index in [4.69, 9.17) is 8.85 Å². The molecule has 3 rings (SSSR count). The summed E-state index contributed by atoms with van der Waals surface area (Å²) in [6, 6.07) is 0. The minimum Gasteiger partial charge on any atom is -0.413 e. The van der Waals surface area contributed by atoms with Crippen LogP contribution in [0.4, 0.5) is 0 Å². The van der Waals surface area contributed by atoms with Crippen LogP contribution in [0.3, 0.4) is 0 Å². The lowest BCUT2D eigenvalue weighted by molar-refractivity contribution is 0.125. The third-order valence-electron chi connectivity index (χ3n) is 10.4. The second kappa shape index (κ2) is 10.5. The van der Waals surface area contributed by atoms with Crippen LogP contribution < -0.4 is 0 Å². The predicted octanol–water partition coefficient (Wildman–Crippen LogP) is 8.48. The van der Waals surface area contributed by atoms with Gasteiger partial charge in [-0.3, -0.25) is 0 Å². The maximum atomic E-state index is 10.9. The molecule has 0 bridgehead atoms. The van der Waals surface area contributed by atoms with Gasteiger partial charge in [0, 0.05) is 5.92 Å². The van der Waals surface area contributed by atoms with Gasteiger partial charge in [-0.15, -0.1) is 0 Å². The van der Waals surface area contributed by atoms with Crippen LogP contribution in [0, 0.1) is 23.7 Å². The maximum Gasteiger partial charge on any atom is 0.192 e. The highest BCUT2D eigenvalue weighted by molar-refractivity contribution is 6.74. The summed E-state index contributed by atoms with van der Waals surface area (Å²) in [4.78, 5) is 0. The van der Waals surface area contributed by atoms with E-state index in [1.807, 2.05) is 0 Å². The molecule has 1 unspecified atom stereocenters. The summed E-state index contributed by atoms with van der Waals surface area (Å²) in [6.45, 7) is 27.7. The number of rotatable bonds is 7. The topological polar surface area (TPSA) is 38.7 Å². The van der Waals surface area contributed by atoms with Crippen LogP contribution in [-0.4, -0.2) is 40.1 Å². The summed E-state index contributed by atoms with van der Waals surface area (Å²) >= 11 is 0. The van der Waals surface area contributed by atoms with Gasteiger partial charge in [-0.25, -0.2) is 0 Å². The smallest absolute Gasteiger partial charge is 0.192 e. The molecule has 0 heterocycles. The van der Waals surface area contributed by atoms with E-state index in [9.17, 15) is 5.11 Å². The fraction of sp³-hybridized carbons (Fsp3) is 0.867. The Morgan fingerprint density at radius 3 is 2.03 bits per heavy atom. The normalized spacial score (nSPS) is 32.4. The average molecular weight is 521 g/mol. The van der Waals surface area contributed by atoms with Gasteiger partial charge in [-0.2, -0.15) is 0 Å². The lowest BCUT2D eigenvalue weighted by atomic mass is 9.84. The highest BCUT2D eigenvalue weighted by Crippen LogP contribution is 2.53. The third kappa shape index (κ3) is 6.45. The van der Waals surface area contributed by atoms with Crippen molar-refractivity contribution >= 4 is 16.6 Å². The monoisotopic (exact) mass is 520 g/mol. The molecule has 5 heteroatoms. The molecule has 3 aliphatic rings. The van der Waals surface area contributed by atoms with E-state index < -0.39 is 16.6 Å². The minimum absolute atomic E-state index is 0.178. The predicted molar refractivity (Wildman–Crippen MR) is 155 cm³/mol. The van der Waals surface area contributed by atoms with Gasteiger partial charge in [0.1, 0.15) is 0 Å². The van der Waals surface area contributed by atoms with Crippen LogP contribution >= 0.6 is 0 Å². The molecule has 35 heavy (non-hydrogen) atoms. The molecule has 6 atom stereocenters. The molecule has 0 saturated heterocycles. The van der Waals surface area contributed by atoms with Crippen LogP contribution in [0.15, 0.2) is 24.3 Å². The Morgan fingerprint density at radius 1 is 0.914 bits per heavy atom. The molecule has 0 spiro atoms. The Balaban J connectivity index is 1.89. The van der Waals surface area contributed by atoms with Crippen molar-refractivity contribution in [2.45, 2.75) is 141 Å². The first-order chi connectivity index (χ1) is 15.9. The molecule has 0 aromatic rings. The van der Waals surface area contributed by atoms with E-state index in [2.05, 4.69) is 86.5 Å². The fourth-order valence-electron chi connectivity index (χ4n) is 6.00. The van der Waals surface area contributed by atoms with E-state index in [1.165, 1.54) is 32.1 Å². The molecule has 0 aliphatic heterocycles. The highest BCUT2D eigenvalue weighted by Gasteiger charge is 2.53. The summed E-state index contributed by atoms with van der Waals surface area (Å²) in [5.74, 6) is 1.66. The van der Waals surface area contributed by atoms with Crippen molar-refractivity contribution in [2.75, 3.05) is 0 Å². The molecule has 0 aromatic carbocycles. The van der Waals surface area contributed by atoms with Crippen LogP contribution in [0.2, 0.25) is 36.3 Å². The standard InChI is InChI=1S/C30H56O3Si2/c1-21-19-24-23(27(20-25(24)28(21)31)33-35(10,11)30(5,6)7)17-18-26(22-15-13-12-14-16-22)32-34(8,9)29(2,3)4/h17-18,22-28,31H,1,12-16,19-20H2,2-11H3/b18-17+/t23-,24+,25-,26+,27+,28?/m0/s1. The Labute approximate surface area is 219 Å². The number of aliphatic hydroxyl groups is 1. The van der Waals surface area contributed by atoms with Gasteiger partial charge in [0.2, 0.25) is 0 Å². The first-order valence-electron chi connectivity index (χ1n) is 14.3. The zero-order valence-corrected chi connectivity index (χ0v) is 26.6. The molecular weight excluding hydrogens is 464 g/mol. The number of hydrogen-bond donors (Lipinski definition) is 1. The molecule has 0 amide bonds. The summed E-state index contributed by atoms with van der Waals surface area (Å²) in [5.41, 5.74) is 1.02. The zero-order chi connectivity index (χ0) is 26.4. The van der Waals surface area contributed by atoms with Gasteiger partial charge in [0.05, 0.1) is 18.3 Å². The van der Waals surface area contributed by atoms with Crippen molar-refractivity contribution < 1.29 is 14.0 Å². The number of aliphatic hydroxyl groups excluding tert-OH is 1. The van der Waals surface area contributed by atoms with Crippen LogP contribution in [-0.2, 0) is 8.85 Å². The van der Waals surface area contributed by atoms with E-state index >= 15 is 0 Å². The van der Waals surface area contributed by atoms with E-state index in [0.717, 1.165) is 18.4 Å². The Kier molecular flexibility index (Phi) is 8.82. The highest BCUT2D eigenvalue weighted by atomic mass is 28.4. The maximum absolute atomic E-state index is 10.9. The van der Waals surface area contributed by atoms with Gasteiger partial charge in [0.25, 0.3) is 0 Å². The SMILES string of the molecule is C=C1C[C@@H]2[C@H](/C=C/[C@@H](O[Si](C)(C)C(C)(C)C)C3CCCCC3)[C@H](O[Si](C)(C)C(C)(C)C)C[C@@H]2C1O. The third-order valence-corrected chi connectivity index (χ3v) is 19.4. The van der Waals surface area contributed by atoms with E-state index in [-0.39, 0.29) is 34.3 Å². The van der Waals surface area contributed by atoms with Crippen molar-refractivity contribution in [1.82, 2.24) is 0 Å². The average Bonchev–Trinajstić information content (AvgIpc) is 3.19.